The molecule has 112 valence electrons. The molecule has 2 N–H and O–H groups in total. The fourth-order valence-corrected chi connectivity index (χ4v) is 2.90. The third kappa shape index (κ3) is 3.05. The van der Waals surface area contributed by atoms with Crippen molar-refractivity contribution in [2.75, 3.05) is 33.2 Å². The largest absolute Gasteiger partial charge is 0.390 e. The van der Waals surface area contributed by atoms with Crippen LogP contribution in [0, 0.1) is 0 Å². The zero-order chi connectivity index (χ0) is 15.0. The van der Waals surface area contributed by atoms with Crippen molar-refractivity contribution in [3.05, 3.63) is 35.0 Å². The summed E-state index contributed by atoms with van der Waals surface area (Å²) in [7, 11) is 1.95. The number of hydrogen-bond donors (Lipinski definition) is 2. The van der Waals surface area contributed by atoms with Crippen LogP contribution in [-0.2, 0) is 0 Å². The summed E-state index contributed by atoms with van der Waals surface area (Å²) in [4.78, 5) is 19.4. The van der Waals surface area contributed by atoms with E-state index in [4.69, 9.17) is 11.6 Å². The molecule has 2 aromatic rings. The van der Waals surface area contributed by atoms with Gasteiger partial charge in [0.2, 0.25) is 0 Å². The summed E-state index contributed by atoms with van der Waals surface area (Å²) in [5.41, 5.74) is 1.42. The van der Waals surface area contributed by atoms with Gasteiger partial charge < -0.3 is 19.9 Å². The van der Waals surface area contributed by atoms with Crippen LogP contribution in [0.15, 0.2) is 24.3 Å². The number of hydrogen-bond acceptors (Lipinski definition) is 3. The zero-order valence-electron chi connectivity index (χ0n) is 11.8. The Morgan fingerprint density at radius 3 is 2.95 bits per heavy atom. The van der Waals surface area contributed by atoms with Crippen molar-refractivity contribution >= 4 is 28.4 Å². The molecule has 1 aliphatic rings. The van der Waals surface area contributed by atoms with Crippen molar-refractivity contribution in [3.63, 3.8) is 0 Å². The predicted molar refractivity (Wildman–Crippen MR) is 82.7 cm³/mol. The Morgan fingerprint density at radius 1 is 1.33 bits per heavy atom. The third-order valence-corrected chi connectivity index (χ3v) is 4.04. The number of H-pyrrole nitrogens is 1. The Morgan fingerprint density at radius 2 is 2.14 bits per heavy atom. The second-order valence-electron chi connectivity index (χ2n) is 5.58. The van der Waals surface area contributed by atoms with Gasteiger partial charge in [-0.1, -0.05) is 11.6 Å². The SMILES string of the molecule is CN1CCN(C(=O)c2cc3cc(Cl)ccc3[nH]2)CC(O)C1. The highest BCUT2D eigenvalue weighted by Crippen LogP contribution is 2.21. The lowest BCUT2D eigenvalue weighted by molar-refractivity contribution is 0.0662. The first kappa shape index (κ1) is 14.4. The molecule has 0 saturated carbocycles. The molecular weight excluding hydrogens is 290 g/mol. The number of nitrogens with zero attached hydrogens (tertiary/aromatic N) is 2. The molecule has 0 bridgehead atoms. The summed E-state index contributed by atoms with van der Waals surface area (Å²) in [5, 5.41) is 11.5. The normalized spacial score (nSPS) is 20.7. The van der Waals surface area contributed by atoms with E-state index in [1.54, 1.807) is 11.0 Å². The molecule has 6 heteroatoms. The molecule has 1 aromatic carbocycles. The number of fused-ring (bicyclic) bond motifs is 1. The molecule has 1 aromatic heterocycles. The van der Waals surface area contributed by atoms with Gasteiger partial charge in [0.05, 0.1) is 6.10 Å². The van der Waals surface area contributed by atoms with Crippen molar-refractivity contribution < 1.29 is 9.90 Å². The topological polar surface area (TPSA) is 59.6 Å². The van der Waals surface area contributed by atoms with Gasteiger partial charge in [-0.05, 0) is 31.3 Å². The number of β-amino-alcohol motifs (C(OH)–C–C–N with tert-alkyl or cyclic N) is 1. The van der Waals surface area contributed by atoms with Crippen LogP contribution >= 0.6 is 11.6 Å². The maximum Gasteiger partial charge on any atom is 0.270 e. The maximum atomic E-state index is 12.6. The van der Waals surface area contributed by atoms with Gasteiger partial charge in [0.25, 0.3) is 5.91 Å². The number of aromatic amines is 1. The molecule has 1 aliphatic heterocycles. The highest BCUT2D eigenvalue weighted by molar-refractivity contribution is 6.31. The lowest BCUT2D eigenvalue weighted by Crippen LogP contribution is -2.37. The molecular formula is C15H18ClN3O2. The summed E-state index contributed by atoms with van der Waals surface area (Å²) in [5.74, 6) is -0.0864. The van der Waals surface area contributed by atoms with Gasteiger partial charge in [-0.15, -0.1) is 0 Å². The van der Waals surface area contributed by atoms with E-state index in [1.165, 1.54) is 0 Å². The Hall–Kier alpha value is -1.56. The van der Waals surface area contributed by atoms with Crippen LogP contribution in [-0.4, -0.2) is 65.1 Å². The Kier molecular flexibility index (Phi) is 3.89. The standard InChI is InChI=1S/C15H18ClN3O2/c1-18-4-5-19(9-12(20)8-18)15(21)14-7-10-6-11(16)2-3-13(10)17-14/h2-3,6-7,12,17,20H,4-5,8-9H2,1H3. The number of amides is 1. The molecule has 5 nitrogen and oxygen atoms in total. The lowest BCUT2D eigenvalue weighted by Gasteiger charge is -2.20. The van der Waals surface area contributed by atoms with Gasteiger partial charge >= 0.3 is 0 Å². The summed E-state index contributed by atoms with van der Waals surface area (Å²) < 4.78 is 0. The van der Waals surface area contributed by atoms with Crippen LogP contribution in [0.4, 0.5) is 0 Å². The molecule has 21 heavy (non-hydrogen) atoms. The number of carbonyl (C=O) groups is 1. The number of benzene rings is 1. The first-order chi connectivity index (χ1) is 10.0. The number of rotatable bonds is 1. The van der Waals surface area contributed by atoms with Gasteiger partial charge in [0.1, 0.15) is 5.69 Å². The van der Waals surface area contributed by atoms with E-state index in [1.807, 2.05) is 30.1 Å². The van der Waals surface area contributed by atoms with Crippen molar-refractivity contribution in [3.8, 4) is 0 Å². The molecule has 0 spiro atoms. The fourth-order valence-electron chi connectivity index (χ4n) is 2.72. The molecule has 1 fully saturated rings. The lowest BCUT2D eigenvalue weighted by atomic mass is 10.2. The van der Waals surface area contributed by atoms with E-state index in [-0.39, 0.29) is 5.91 Å². The second-order valence-corrected chi connectivity index (χ2v) is 6.02. The zero-order valence-corrected chi connectivity index (χ0v) is 12.6. The first-order valence-electron chi connectivity index (χ1n) is 6.97. The third-order valence-electron chi connectivity index (χ3n) is 3.81. The number of carbonyl (C=O) groups excluding carboxylic acids is 1. The minimum Gasteiger partial charge on any atom is -0.390 e. The number of nitrogens with one attached hydrogen (secondary N) is 1. The molecule has 1 atom stereocenters. The monoisotopic (exact) mass is 307 g/mol. The van der Waals surface area contributed by atoms with Crippen LogP contribution in [0.2, 0.25) is 5.02 Å². The molecule has 0 radical (unpaired) electrons. The number of aliphatic hydroxyl groups excluding tert-OH is 1. The number of likely N-dealkylation sites (N-methyl/N-ethyl adjacent to an activating group) is 1. The minimum atomic E-state index is -0.514. The molecule has 1 saturated heterocycles. The van der Waals surface area contributed by atoms with Crippen LogP contribution in [0.5, 0.6) is 0 Å². The number of halogens is 1. The van der Waals surface area contributed by atoms with E-state index < -0.39 is 6.10 Å². The van der Waals surface area contributed by atoms with Gasteiger partial charge in [-0.2, -0.15) is 0 Å². The summed E-state index contributed by atoms with van der Waals surface area (Å²) in [6, 6.07) is 7.29. The van der Waals surface area contributed by atoms with Gasteiger partial charge in [-0.3, -0.25) is 4.79 Å². The van der Waals surface area contributed by atoms with Crippen LogP contribution in [0.25, 0.3) is 10.9 Å². The Bertz CT molecular complexity index is 670. The van der Waals surface area contributed by atoms with E-state index >= 15 is 0 Å². The quantitative estimate of drug-likeness (QED) is 0.841. The van der Waals surface area contributed by atoms with Crippen LogP contribution in [0.1, 0.15) is 10.5 Å². The number of aliphatic hydroxyl groups is 1. The number of aromatic nitrogens is 1. The molecule has 3 rings (SSSR count). The second kappa shape index (κ2) is 5.67. The molecule has 0 aliphatic carbocycles. The Labute approximate surface area is 128 Å². The smallest absolute Gasteiger partial charge is 0.270 e. The Balaban J connectivity index is 1.85. The van der Waals surface area contributed by atoms with Gasteiger partial charge in [0.15, 0.2) is 0 Å². The van der Waals surface area contributed by atoms with Gasteiger partial charge in [0, 0.05) is 42.1 Å². The molecule has 1 amide bonds. The van der Waals surface area contributed by atoms with Crippen molar-refractivity contribution in [1.29, 1.82) is 0 Å². The van der Waals surface area contributed by atoms with Crippen LogP contribution in [0.3, 0.4) is 0 Å². The average Bonchev–Trinajstić information content (AvgIpc) is 2.77. The minimum absolute atomic E-state index is 0.0864. The van der Waals surface area contributed by atoms with Crippen molar-refractivity contribution in [2.24, 2.45) is 0 Å². The average molecular weight is 308 g/mol. The van der Waals surface area contributed by atoms with Crippen molar-refractivity contribution in [1.82, 2.24) is 14.8 Å². The highest BCUT2D eigenvalue weighted by atomic mass is 35.5. The fraction of sp³-hybridized carbons (Fsp3) is 0.400. The predicted octanol–water partition coefficient (Wildman–Crippen LogP) is 1.57. The summed E-state index contributed by atoms with van der Waals surface area (Å²) in [6.45, 7) is 2.32. The highest BCUT2D eigenvalue weighted by Gasteiger charge is 2.24. The van der Waals surface area contributed by atoms with Gasteiger partial charge in [-0.25, -0.2) is 0 Å². The molecule has 1 unspecified atom stereocenters. The summed E-state index contributed by atoms with van der Waals surface area (Å²) >= 11 is 5.97. The maximum absolute atomic E-state index is 12.6. The van der Waals surface area contributed by atoms with E-state index in [0.29, 0.717) is 30.4 Å². The molecule has 2 heterocycles. The van der Waals surface area contributed by atoms with Crippen LogP contribution < -0.4 is 0 Å². The van der Waals surface area contributed by atoms with E-state index in [9.17, 15) is 9.90 Å². The van der Waals surface area contributed by atoms with E-state index in [0.717, 1.165) is 17.4 Å². The van der Waals surface area contributed by atoms with E-state index in [2.05, 4.69) is 4.98 Å². The summed E-state index contributed by atoms with van der Waals surface area (Å²) in [6.07, 6.45) is -0.514. The van der Waals surface area contributed by atoms with Crippen molar-refractivity contribution in [2.45, 2.75) is 6.10 Å². The first-order valence-corrected chi connectivity index (χ1v) is 7.35.